The summed E-state index contributed by atoms with van der Waals surface area (Å²) in [7, 11) is 0. The SMILES string of the molecule is CC(O)N1c2ccc(-c3cnn(C4CCNC(=O)C4)c3)cc2N(C(=O)OC2CCOCC2)C[C@@H]1C. The second kappa shape index (κ2) is 9.87. The lowest BCUT2D eigenvalue weighted by Crippen LogP contribution is -2.53. The zero-order chi connectivity index (χ0) is 24.5. The highest BCUT2D eigenvalue weighted by molar-refractivity contribution is 5.95. The minimum absolute atomic E-state index is 0.0349. The van der Waals surface area contributed by atoms with Crippen molar-refractivity contribution >= 4 is 23.4 Å². The van der Waals surface area contributed by atoms with Gasteiger partial charge in [0.2, 0.25) is 5.91 Å². The monoisotopic (exact) mass is 483 g/mol. The van der Waals surface area contributed by atoms with Crippen LogP contribution in [0.5, 0.6) is 0 Å². The van der Waals surface area contributed by atoms with Crippen molar-refractivity contribution in [2.24, 2.45) is 0 Å². The molecule has 2 amide bonds. The van der Waals surface area contributed by atoms with Crippen LogP contribution in [0.2, 0.25) is 0 Å². The molecule has 3 aliphatic rings. The second-order valence-corrected chi connectivity index (χ2v) is 9.60. The van der Waals surface area contributed by atoms with E-state index in [1.807, 2.05) is 40.9 Å². The lowest BCUT2D eigenvalue weighted by atomic mass is 10.0. The van der Waals surface area contributed by atoms with E-state index in [0.717, 1.165) is 23.2 Å². The van der Waals surface area contributed by atoms with E-state index in [2.05, 4.69) is 10.4 Å². The van der Waals surface area contributed by atoms with Gasteiger partial charge in [-0.05, 0) is 38.0 Å². The van der Waals surface area contributed by atoms with E-state index in [9.17, 15) is 14.7 Å². The van der Waals surface area contributed by atoms with Crippen LogP contribution in [-0.4, -0.2) is 71.6 Å². The number of fused-ring (bicyclic) bond motifs is 1. The van der Waals surface area contributed by atoms with Gasteiger partial charge in [0.25, 0.3) is 0 Å². The van der Waals surface area contributed by atoms with Gasteiger partial charge in [0.15, 0.2) is 0 Å². The number of hydrogen-bond acceptors (Lipinski definition) is 7. The molecule has 35 heavy (non-hydrogen) atoms. The van der Waals surface area contributed by atoms with E-state index in [1.165, 1.54) is 0 Å². The molecule has 10 heteroatoms. The van der Waals surface area contributed by atoms with E-state index < -0.39 is 6.23 Å². The minimum atomic E-state index is -0.705. The number of carbonyl (C=O) groups excluding carboxylic acids is 2. The standard InChI is InChI=1S/C25H33N5O5/c1-16-14-28(25(33)35-21-6-9-34-10-7-21)23-11-18(3-4-22(23)30(16)17(2)31)19-13-27-29(15-19)20-5-8-26-24(32)12-20/h3-4,11,13,15-17,20-21,31H,5-10,12,14H2,1-2H3,(H,26,32)/t16-,17?,20?/m0/s1. The number of aromatic nitrogens is 2. The largest absolute Gasteiger partial charge is 0.446 e. The van der Waals surface area contributed by atoms with Crippen molar-refractivity contribution in [3.8, 4) is 11.1 Å². The van der Waals surface area contributed by atoms with E-state index in [4.69, 9.17) is 9.47 Å². The summed E-state index contributed by atoms with van der Waals surface area (Å²) in [5.74, 6) is 0.0399. The third-order valence-electron chi connectivity index (χ3n) is 7.05. The van der Waals surface area contributed by atoms with Gasteiger partial charge in [-0.2, -0.15) is 5.10 Å². The Morgan fingerprint density at radius 3 is 2.77 bits per heavy atom. The van der Waals surface area contributed by atoms with Crippen LogP contribution in [0, 0.1) is 0 Å². The molecule has 188 valence electrons. The van der Waals surface area contributed by atoms with E-state index >= 15 is 0 Å². The molecule has 1 aromatic heterocycles. The first-order valence-corrected chi connectivity index (χ1v) is 12.4. The molecule has 2 unspecified atom stereocenters. The van der Waals surface area contributed by atoms with Crippen LogP contribution in [0.25, 0.3) is 11.1 Å². The number of hydrogen-bond donors (Lipinski definition) is 2. The number of rotatable bonds is 4. The molecule has 0 spiro atoms. The van der Waals surface area contributed by atoms with Gasteiger partial charge in [-0.25, -0.2) is 4.79 Å². The Balaban J connectivity index is 1.45. The number of benzene rings is 1. The number of aliphatic hydroxyl groups is 1. The van der Waals surface area contributed by atoms with Crippen LogP contribution in [0.15, 0.2) is 30.6 Å². The number of piperidine rings is 1. The van der Waals surface area contributed by atoms with E-state index in [-0.39, 0.29) is 30.2 Å². The van der Waals surface area contributed by atoms with Gasteiger partial charge in [0, 0.05) is 50.2 Å². The highest BCUT2D eigenvalue weighted by Gasteiger charge is 2.35. The summed E-state index contributed by atoms with van der Waals surface area (Å²) >= 11 is 0. The molecule has 0 radical (unpaired) electrons. The number of nitrogens with one attached hydrogen (secondary N) is 1. The Labute approximate surface area is 204 Å². The maximum atomic E-state index is 13.3. The number of amides is 2. The maximum Gasteiger partial charge on any atom is 0.414 e. The molecule has 2 saturated heterocycles. The molecule has 2 N–H and O–H groups in total. The molecule has 10 nitrogen and oxygen atoms in total. The lowest BCUT2D eigenvalue weighted by molar-refractivity contribution is -0.123. The molecule has 0 aliphatic carbocycles. The first kappa shape index (κ1) is 23.6. The Kier molecular flexibility index (Phi) is 6.66. The van der Waals surface area contributed by atoms with E-state index in [1.54, 1.807) is 18.0 Å². The summed E-state index contributed by atoms with van der Waals surface area (Å²) in [6.45, 7) is 5.96. The molecule has 3 aliphatic heterocycles. The van der Waals surface area contributed by atoms with Gasteiger partial charge in [0.05, 0.1) is 36.8 Å². The van der Waals surface area contributed by atoms with Crippen LogP contribution in [0.4, 0.5) is 16.2 Å². The summed E-state index contributed by atoms with van der Waals surface area (Å²) in [6, 6.07) is 5.82. The van der Waals surface area contributed by atoms with Crippen molar-refractivity contribution in [3.63, 3.8) is 0 Å². The van der Waals surface area contributed by atoms with Crippen molar-refractivity contribution in [2.45, 2.75) is 63.9 Å². The molecule has 3 atom stereocenters. The highest BCUT2D eigenvalue weighted by Crippen LogP contribution is 2.40. The Morgan fingerprint density at radius 2 is 2.03 bits per heavy atom. The predicted molar refractivity (Wildman–Crippen MR) is 130 cm³/mol. The normalized spacial score (nSPS) is 24.0. The molecular weight excluding hydrogens is 450 g/mol. The number of carbonyl (C=O) groups is 2. The van der Waals surface area contributed by atoms with Crippen molar-refractivity contribution in [3.05, 3.63) is 30.6 Å². The summed E-state index contributed by atoms with van der Waals surface area (Å²) in [6.07, 6.45) is 5.14. The van der Waals surface area contributed by atoms with Crippen LogP contribution < -0.4 is 15.1 Å². The van der Waals surface area contributed by atoms with Gasteiger partial charge >= 0.3 is 6.09 Å². The predicted octanol–water partition coefficient (Wildman–Crippen LogP) is 2.67. The fraction of sp³-hybridized carbons (Fsp3) is 0.560. The highest BCUT2D eigenvalue weighted by atomic mass is 16.6. The maximum absolute atomic E-state index is 13.3. The molecule has 4 heterocycles. The molecule has 2 fully saturated rings. The van der Waals surface area contributed by atoms with E-state index in [0.29, 0.717) is 51.3 Å². The van der Waals surface area contributed by atoms with Crippen molar-refractivity contribution in [1.29, 1.82) is 0 Å². The number of anilines is 2. The molecule has 0 bridgehead atoms. The minimum Gasteiger partial charge on any atom is -0.446 e. The summed E-state index contributed by atoms with van der Waals surface area (Å²) in [5.41, 5.74) is 3.28. The molecule has 1 aromatic carbocycles. The summed E-state index contributed by atoms with van der Waals surface area (Å²) in [4.78, 5) is 28.7. The van der Waals surface area contributed by atoms with Crippen LogP contribution in [0.1, 0.15) is 45.6 Å². The number of nitrogens with zero attached hydrogens (tertiary/aromatic N) is 4. The number of aliphatic hydroxyl groups excluding tert-OH is 1. The first-order valence-electron chi connectivity index (χ1n) is 12.4. The summed E-state index contributed by atoms with van der Waals surface area (Å²) < 4.78 is 13.1. The fourth-order valence-electron chi connectivity index (χ4n) is 5.25. The van der Waals surface area contributed by atoms with Crippen LogP contribution in [-0.2, 0) is 14.3 Å². The fourth-order valence-corrected chi connectivity index (χ4v) is 5.25. The smallest absolute Gasteiger partial charge is 0.414 e. The van der Waals surface area contributed by atoms with Crippen LogP contribution >= 0.6 is 0 Å². The summed E-state index contributed by atoms with van der Waals surface area (Å²) in [5, 5.41) is 17.8. The van der Waals surface area contributed by atoms with Crippen molar-refractivity contribution < 1.29 is 24.2 Å². The topological polar surface area (TPSA) is 109 Å². The third kappa shape index (κ3) is 4.85. The van der Waals surface area contributed by atoms with Gasteiger partial charge in [0.1, 0.15) is 12.3 Å². The number of ether oxygens (including phenoxy) is 2. The van der Waals surface area contributed by atoms with Gasteiger partial charge in [-0.1, -0.05) is 6.07 Å². The quantitative estimate of drug-likeness (QED) is 0.688. The van der Waals surface area contributed by atoms with Gasteiger partial charge in [-0.3, -0.25) is 14.4 Å². The zero-order valence-electron chi connectivity index (χ0n) is 20.2. The zero-order valence-corrected chi connectivity index (χ0v) is 20.2. The lowest BCUT2D eigenvalue weighted by Gasteiger charge is -2.43. The van der Waals surface area contributed by atoms with Crippen molar-refractivity contribution in [2.75, 3.05) is 36.1 Å². The first-order chi connectivity index (χ1) is 16.9. The molecule has 0 saturated carbocycles. The molecule has 2 aromatic rings. The average molecular weight is 484 g/mol. The molecule has 5 rings (SSSR count). The Hall–Kier alpha value is -3.11. The third-order valence-corrected chi connectivity index (χ3v) is 7.05. The average Bonchev–Trinajstić information content (AvgIpc) is 3.34. The Morgan fingerprint density at radius 1 is 1.23 bits per heavy atom. The Bertz CT molecular complexity index is 1080. The van der Waals surface area contributed by atoms with Gasteiger partial charge < -0.3 is 24.8 Å². The van der Waals surface area contributed by atoms with Crippen molar-refractivity contribution in [1.82, 2.24) is 15.1 Å². The van der Waals surface area contributed by atoms with Gasteiger partial charge in [-0.15, -0.1) is 0 Å². The van der Waals surface area contributed by atoms with Crippen LogP contribution in [0.3, 0.4) is 0 Å². The molecular formula is C25H33N5O5. The second-order valence-electron chi connectivity index (χ2n) is 9.60.